The molecule has 72 valence electrons. The Morgan fingerprint density at radius 1 is 1.38 bits per heavy atom. The lowest BCUT2D eigenvalue weighted by Crippen LogP contribution is -2.22. The quantitative estimate of drug-likeness (QED) is 0.740. The van der Waals surface area contributed by atoms with E-state index in [0.717, 1.165) is 5.82 Å². The Morgan fingerprint density at radius 3 is 2.62 bits per heavy atom. The predicted molar refractivity (Wildman–Crippen MR) is 54.4 cm³/mol. The number of nitrogens with one attached hydrogen (secondary N) is 1. The van der Waals surface area contributed by atoms with Crippen molar-refractivity contribution in [3.05, 3.63) is 12.3 Å². The summed E-state index contributed by atoms with van der Waals surface area (Å²) < 4.78 is 0. The first-order valence-corrected chi connectivity index (χ1v) is 4.44. The van der Waals surface area contributed by atoms with Crippen molar-refractivity contribution in [2.45, 2.75) is 26.8 Å². The van der Waals surface area contributed by atoms with E-state index in [1.54, 1.807) is 6.20 Å². The molecule has 0 radical (unpaired) electrons. The van der Waals surface area contributed by atoms with Gasteiger partial charge in [0, 0.05) is 12.2 Å². The SMILES string of the molecule is CC(C)C(C)Nc1ccnc(N)n1. The highest BCUT2D eigenvalue weighted by atomic mass is 15.1. The lowest BCUT2D eigenvalue weighted by Gasteiger charge is -2.17. The molecule has 13 heavy (non-hydrogen) atoms. The lowest BCUT2D eigenvalue weighted by molar-refractivity contribution is 0.558. The van der Waals surface area contributed by atoms with E-state index < -0.39 is 0 Å². The van der Waals surface area contributed by atoms with Gasteiger partial charge in [0.25, 0.3) is 0 Å². The Hall–Kier alpha value is -1.32. The standard InChI is InChI=1S/C9H16N4/c1-6(2)7(3)12-8-4-5-11-9(10)13-8/h4-7H,1-3H3,(H3,10,11,12,13). The van der Waals surface area contributed by atoms with Gasteiger partial charge in [-0.25, -0.2) is 4.98 Å². The van der Waals surface area contributed by atoms with E-state index in [4.69, 9.17) is 5.73 Å². The summed E-state index contributed by atoms with van der Waals surface area (Å²) in [6, 6.07) is 2.20. The van der Waals surface area contributed by atoms with Gasteiger partial charge in [-0.2, -0.15) is 4.98 Å². The second-order valence-electron chi connectivity index (χ2n) is 3.48. The minimum absolute atomic E-state index is 0.306. The third-order valence-corrected chi connectivity index (χ3v) is 2.05. The molecule has 1 aromatic heterocycles. The average Bonchev–Trinajstić information content (AvgIpc) is 2.04. The monoisotopic (exact) mass is 180 g/mol. The fraction of sp³-hybridized carbons (Fsp3) is 0.556. The van der Waals surface area contributed by atoms with Crippen molar-refractivity contribution < 1.29 is 0 Å². The van der Waals surface area contributed by atoms with Crippen molar-refractivity contribution in [1.29, 1.82) is 0 Å². The summed E-state index contributed by atoms with van der Waals surface area (Å²) in [4.78, 5) is 7.87. The lowest BCUT2D eigenvalue weighted by atomic mass is 10.1. The molecule has 0 amide bonds. The van der Waals surface area contributed by atoms with Crippen LogP contribution in [0.2, 0.25) is 0 Å². The first kappa shape index (κ1) is 9.77. The molecule has 1 aromatic rings. The maximum atomic E-state index is 5.45. The molecule has 0 spiro atoms. The van der Waals surface area contributed by atoms with E-state index in [1.807, 2.05) is 6.07 Å². The zero-order valence-electron chi connectivity index (χ0n) is 8.28. The van der Waals surface area contributed by atoms with Crippen molar-refractivity contribution in [2.75, 3.05) is 11.1 Å². The third-order valence-electron chi connectivity index (χ3n) is 2.05. The van der Waals surface area contributed by atoms with Crippen LogP contribution < -0.4 is 11.1 Å². The molecule has 4 nitrogen and oxygen atoms in total. The van der Waals surface area contributed by atoms with Crippen LogP contribution in [-0.2, 0) is 0 Å². The van der Waals surface area contributed by atoms with Gasteiger partial charge in [-0.05, 0) is 18.9 Å². The number of nitrogen functional groups attached to an aromatic ring is 1. The average molecular weight is 180 g/mol. The minimum atomic E-state index is 0.306. The molecule has 0 aliphatic carbocycles. The van der Waals surface area contributed by atoms with E-state index in [1.165, 1.54) is 0 Å². The zero-order chi connectivity index (χ0) is 9.84. The Balaban J connectivity index is 2.64. The Morgan fingerprint density at radius 2 is 2.08 bits per heavy atom. The molecule has 1 rings (SSSR count). The zero-order valence-corrected chi connectivity index (χ0v) is 8.28. The van der Waals surface area contributed by atoms with Crippen molar-refractivity contribution in [3.8, 4) is 0 Å². The van der Waals surface area contributed by atoms with Gasteiger partial charge >= 0.3 is 0 Å². The highest BCUT2D eigenvalue weighted by Gasteiger charge is 2.06. The van der Waals surface area contributed by atoms with Crippen LogP contribution in [0.3, 0.4) is 0 Å². The molecule has 0 bridgehead atoms. The van der Waals surface area contributed by atoms with Crippen molar-refractivity contribution in [2.24, 2.45) is 5.92 Å². The normalized spacial score (nSPS) is 12.9. The van der Waals surface area contributed by atoms with Crippen LogP contribution in [0.15, 0.2) is 12.3 Å². The molecular formula is C9H16N4. The summed E-state index contributed by atoms with van der Waals surface area (Å²) in [5.74, 6) is 1.66. The van der Waals surface area contributed by atoms with Gasteiger partial charge in [-0.1, -0.05) is 13.8 Å². The summed E-state index contributed by atoms with van der Waals surface area (Å²) in [5.41, 5.74) is 5.45. The van der Waals surface area contributed by atoms with Crippen molar-refractivity contribution in [1.82, 2.24) is 9.97 Å². The number of nitrogens with two attached hydrogens (primary N) is 1. The highest BCUT2D eigenvalue weighted by molar-refractivity contribution is 5.38. The fourth-order valence-electron chi connectivity index (χ4n) is 0.854. The molecule has 3 N–H and O–H groups in total. The van der Waals surface area contributed by atoms with Gasteiger partial charge < -0.3 is 11.1 Å². The third kappa shape index (κ3) is 2.89. The molecule has 0 aromatic carbocycles. The van der Waals surface area contributed by atoms with Gasteiger partial charge in [0.15, 0.2) is 0 Å². The number of hydrogen-bond donors (Lipinski definition) is 2. The van der Waals surface area contributed by atoms with Crippen LogP contribution in [0.4, 0.5) is 11.8 Å². The van der Waals surface area contributed by atoms with Crippen LogP contribution in [-0.4, -0.2) is 16.0 Å². The molecule has 1 atom stereocenters. The number of rotatable bonds is 3. The van der Waals surface area contributed by atoms with E-state index in [9.17, 15) is 0 Å². The Labute approximate surface area is 78.6 Å². The van der Waals surface area contributed by atoms with Crippen molar-refractivity contribution in [3.63, 3.8) is 0 Å². The van der Waals surface area contributed by atoms with Gasteiger partial charge in [0.05, 0.1) is 0 Å². The molecule has 0 aliphatic rings. The molecule has 0 saturated carbocycles. The molecular weight excluding hydrogens is 164 g/mol. The van der Waals surface area contributed by atoms with Crippen LogP contribution >= 0.6 is 0 Å². The first-order chi connectivity index (χ1) is 6.09. The van der Waals surface area contributed by atoms with E-state index in [0.29, 0.717) is 17.9 Å². The number of hydrogen-bond acceptors (Lipinski definition) is 4. The second-order valence-corrected chi connectivity index (χ2v) is 3.48. The van der Waals surface area contributed by atoms with Gasteiger partial charge in [0.1, 0.15) is 5.82 Å². The maximum Gasteiger partial charge on any atom is 0.221 e. The fourth-order valence-corrected chi connectivity index (χ4v) is 0.854. The van der Waals surface area contributed by atoms with Crippen LogP contribution in [0, 0.1) is 5.92 Å². The largest absolute Gasteiger partial charge is 0.368 e. The number of anilines is 2. The smallest absolute Gasteiger partial charge is 0.221 e. The van der Waals surface area contributed by atoms with E-state index in [2.05, 4.69) is 36.1 Å². The summed E-state index contributed by atoms with van der Waals surface area (Å²) in [6.07, 6.45) is 1.65. The predicted octanol–water partition coefficient (Wildman–Crippen LogP) is 1.52. The van der Waals surface area contributed by atoms with Crippen molar-refractivity contribution >= 4 is 11.8 Å². The molecule has 0 aliphatic heterocycles. The number of aromatic nitrogens is 2. The second kappa shape index (κ2) is 4.07. The van der Waals surface area contributed by atoms with Crippen LogP contribution in [0.25, 0.3) is 0 Å². The topological polar surface area (TPSA) is 63.8 Å². The van der Waals surface area contributed by atoms with E-state index >= 15 is 0 Å². The molecule has 0 fully saturated rings. The van der Waals surface area contributed by atoms with Gasteiger partial charge in [-0.3, -0.25) is 0 Å². The molecule has 1 unspecified atom stereocenters. The molecule has 0 saturated heterocycles. The van der Waals surface area contributed by atoms with E-state index in [-0.39, 0.29) is 0 Å². The Bertz CT molecular complexity index is 272. The Kier molecular flexibility index (Phi) is 3.06. The summed E-state index contributed by atoms with van der Waals surface area (Å²) in [7, 11) is 0. The summed E-state index contributed by atoms with van der Waals surface area (Å²) >= 11 is 0. The summed E-state index contributed by atoms with van der Waals surface area (Å²) in [5, 5.41) is 3.25. The van der Waals surface area contributed by atoms with Crippen LogP contribution in [0.5, 0.6) is 0 Å². The van der Waals surface area contributed by atoms with Gasteiger partial charge in [0.2, 0.25) is 5.95 Å². The number of nitrogens with zero attached hydrogens (tertiary/aromatic N) is 2. The summed E-state index contributed by atoms with van der Waals surface area (Å²) in [6.45, 7) is 6.42. The maximum absolute atomic E-state index is 5.45. The van der Waals surface area contributed by atoms with Crippen LogP contribution in [0.1, 0.15) is 20.8 Å². The minimum Gasteiger partial charge on any atom is -0.368 e. The molecule has 4 heteroatoms. The van der Waals surface area contributed by atoms with Gasteiger partial charge in [-0.15, -0.1) is 0 Å². The molecule has 1 heterocycles. The first-order valence-electron chi connectivity index (χ1n) is 4.44. The highest BCUT2D eigenvalue weighted by Crippen LogP contribution is 2.09.